The van der Waals surface area contributed by atoms with Gasteiger partial charge in [-0.25, -0.2) is 0 Å². The fourth-order valence-electron chi connectivity index (χ4n) is 7.41. The first-order chi connectivity index (χ1) is 24.8. The molecule has 0 spiro atoms. The molecule has 8 aromatic rings. The quantitative estimate of drug-likeness (QED) is 0.180. The van der Waals surface area contributed by atoms with Crippen molar-refractivity contribution < 1.29 is 9.47 Å². The molecule has 0 saturated carbocycles. The molecule has 0 unspecified atom stereocenters. The van der Waals surface area contributed by atoms with E-state index in [1.54, 1.807) is 0 Å². The van der Waals surface area contributed by atoms with Crippen LogP contribution in [0.1, 0.15) is 0 Å². The lowest BCUT2D eigenvalue weighted by atomic mass is 9.88. The number of anilines is 6. The Bertz CT molecular complexity index is 2280. The van der Waals surface area contributed by atoms with E-state index in [0.29, 0.717) is 0 Å². The average Bonchev–Trinajstić information content (AvgIpc) is 3.18. The van der Waals surface area contributed by atoms with E-state index in [4.69, 9.17) is 9.47 Å². The van der Waals surface area contributed by atoms with Crippen LogP contribution in [0.4, 0.5) is 34.1 Å². The minimum absolute atomic E-state index is 0.832. The summed E-state index contributed by atoms with van der Waals surface area (Å²) < 4.78 is 13.5. The number of nitrogens with zero attached hydrogens (tertiary/aromatic N) is 2. The molecule has 4 heteroatoms. The molecule has 2 aliphatic rings. The van der Waals surface area contributed by atoms with Gasteiger partial charge in [-0.2, -0.15) is 0 Å². The van der Waals surface area contributed by atoms with Gasteiger partial charge in [-0.1, -0.05) is 72.8 Å². The van der Waals surface area contributed by atoms with Crippen molar-refractivity contribution in [3.8, 4) is 45.3 Å². The van der Waals surface area contributed by atoms with Crippen LogP contribution in [0.15, 0.2) is 182 Å². The largest absolute Gasteiger partial charge is 0.456 e. The monoisotopic (exact) mass is 642 g/mol. The minimum Gasteiger partial charge on any atom is -0.456 e. The molecule has 0 amide bonds. The van der Waals surface area contributed by atoms with Crippen molar-refractivity contribution >= 4 is 44.9 Å². The topological polar surface area (TPSA) is 24.9 Å². The molecule has 2 heterocycles. The zero-order chi connectivity index (χ0) is 33.0. The SMILES string of the molecule is c1ccc(N(c2ccccc2)c2ccc3c(c2)Oc2ccc4c5c(ccc-3c25)Oc2cc(N(c3ccccc3)c3ccccc3)ccc2-4)cc1. The molecule has 50 heavy (non-hydrogen) atoms. The van der Waals surface area contributed by atoms with Crippen molar-refractivity contribution in [1.82, 2.24) is 0 Å². The van der Waals surface area contributed by atoms with Gasteiger partial charge >= 0.3 is 0 Å². The Hall–Kier alpha value is -6.78. The third kappa shape index (κ3) is 4.54. The third-order valence-corrected chi connectivity index (χ3v) is 9.61. The Morgan fingerprint density at radius 3 is 0.920 bits per heavy atom. The summed E-state index contributed by atoms with van der Waals surface area (Å²) >= 11 is 0. The van der Waals surface area contributed by atoms with Crippen molar-refractivity contribution in [1.29, 1.82) is 0 Å². The minimum atomic E-state index is 0.832. The average molecular weight is 643 g/mol. The maximum absolute atomic E-state index is 6.74. The van der Waals surface area contributed by atoms with Crippen LogP contribution in [0.2, 0.25) is 0 Å². The van der Waals surface area contributed by atoms with Crippen LogP contribution in [-0.4, -0.2) is 0 Å². The van der Waals surface area contributed by atoms with E-state index < -0.39 is 0 Å². The molecule has 236 valence electrons. The Morgan fingerprint density at radius 2 is 0.580 bits per heavy atom. The standard InChI is InChI=1S/C46H30N2O2/c1-5-13-31(14-6-1)47(32-15-7-2-8-16-32)35-21-23-37-39-25-28-42-46-40(26-27-41(45(39)46)49-43(37)29-35)38-24-22-36(30-44(38)50-42)48(33-17-9-3-10-18-33)34-19-11-4-12-20-34/h1-30H. The van der Waals surface area contributed by atoms with E-state index in [-0.39, 0.29) is 0 Å². The van der Waals surface area contributed by atoms with Crippen molar-refractivity contribution in [3.05, 3.63) is 182 Å². The highest BCUT2D eigenvalue weighted by molar-refractivity contribution is 6.14. The first-order valence-electron chi connectivity index (χ1n) is 16.8. The van der Waals surface area contributed by atoms with Crippen LogP contribution in [0.25, 0.3) is 33.0 Å². The van der Waals surface area contributed by atoms with Crippen molar-refractivity contribution in [2.75, 3.05) is 9.80 Å². The number of hydrogen-bond donors (Lipinski definition) is 0. The molecule has 0 fully saturated rings. The fraction of sp³-hybridized carbons (Fsp3) is 0. The summed E-state index contributed by atoms with van der Waals surface area (Å²) in [5.74, 6) is 3.33. The first-order valence-corrected chi connectivity index (χ1v) is 16.8. The van der Waals surface area contributed by atoms with Gasteiger partial charge in [0.25, 0.3) is 0 Å². The van der Waals surface area contributed by atoms with Crippen molar-refractivity contribution in [2.45, 2.75) is 0 Å². The molecule has 0 atom stereocenters. The molecule has 0 bridgehead atoms. The van der Waals surface area contributed by atoms with E-state index in [1.807, 2.05) is 24.3 Å². The van der Waals surface area contributed by atoms with Gasteiger partial charge in [-0.05, 0) is 108 Å². The number of ether oxygens (including phenoxy) is 2. The summed E-state index contributed by atoms with van der Waals surface area (Å²) in [5, 5.41) is 2.15. The normalized spacial score (nSPS) is 11.9. The van der Waals surface area contributed by atoms with Gasteiger partial charge in [-0.3, -0.25) is 0 Å². The summed E-state index contributed by atoms with van der Waals surface area (Å²) in [5.41, 5.74) is 10.8. The molecule has 0 aliphatic carbocycles. The van der Waals surface area contributed by atoms with Crippen LogP contribution < -0.4 is 19.3 Å². The predicted molar refractivity (Wildman–Crippen MR) is 204 cm³/mol. The summed E-state index contributed by atoms with van der Waals surface area (Å²) in [6.45, 7) is 0. The number of benzene rings is 8. The highest BCUT2D eigenvalue weighted by Gasteiger charge is 2.29. The predicted octanol–water partition coefficient (Wildman–Crippen LogP) is 13.3. The smallest absolute Gasteiger partial charge is 0.137 e. The van der Waals surface area contributed by atoms with Crippen LogP contribution in [0.3, 0.4) is 0 Å². The van der Waals surface area contributed by atoms with Crippen LogP contribution in [0, 0.1) is 0 Å². The zero-order valence-corrected chi connectivity index (χ0v) is 27.0. The summed E-state index contributed by atoms with van der Waals surface area (Å²) in [6, 6.07) is 63.4. The molecule has 0 saturated heterocycles. The Kier molecular flexibility index (Phi) is 6.46. The lowest BCUT2D eigenvalue weighted by Crippen LogP contribution is -2.11. The third-order valence-electron chi connectivity index (χ3n) is 9.61. The Morgan fingerprint density at radius 1 is 0.260 bits per heavy atom. The summed E-state index contributed by atoms with van der Waals surface area (Å²) in [6.07, 6.45) is 0. The molecular formula is C46H30N2O2. The molecule has 8 aromatic carbocycles. The molecular weight excluding hydrogens is 613 g/mol. The van der Waals surface area contributed by atoms with Gasteiger partial charge in [0.2, 0.25) is 0 Å². The molecule has 0 aromatic heterocycles. The van der Waals surface area contributed by atoms with Gasteiger partial charge < -0.3 is 19.3 Å². The molecule has 0 N–H and O–H groups in total. The first kappa shape index (κ1) is 28.3. The van der Waals surface area contributed by atoms with Gasteiger partial charge in [0.15, 0.2) is 0 Å². The zero-order valence-electron chi connectivity index (χ0n) is 27.0. The van der Waals surface area contributed by atoms with E-state index in [1.165, 1.54) is 0 Å². The highest BCUT2D eigenvalue weighted by atomic mass is 16.5. The van der Waals surface area contributed by atoms with Crippen LogP contribution in [-0.2, 0) is 0 Å². The van der Waals surface area contributed by atoms with Crippen molar-refractivity contribution in [2.24, 2.45) is 0 Å². The van der Waals surface area contributed by atoms with E-state index in [0.717, 1.165) is 90.1 Å². The summed E-state index contributed by atoms with van der Waals surface area (Å²) in [7, 11) is 0. The molecule has 0 radical (unpaired) electrons. The lowest BCUT2D eigenvalue weighted by molar-refractivity contribution is 0.480. The van der Waals surface area contributed by atoms with E-state index >= 15 is 0 Å². The maximum atomic E-state index is 6.74. The van der Waals surface area contributed by atoms with Crippen LogP contribution >= 0.6 is 0 Å². The second-order valence-electron chi connectivity index (χ2n) is 12.6. The fourth-order valence-corrected chi connectivity index (χ4v) is 7.41. The maximum Gasteiger partial charge on any atom is 0.137 e. The Balaban J connectivity index is 1.07. The number of rotatable bonds is 6. The molecule has 10 rings (SSSR count). The number of para-hydroxylation sites is 4. The van der Waals surface area contributed by atoms with Gasteiger partial charge in [0.1, 0.15) is 23.0 Å². The highest BCUT2D eigenvalue weighted by Crippen LogP contribution is 2.56. The van der Waals surface area contributed by atoms with E-state index in [9.17, 15) is 0 Å². The van der Waals surface area contributed by atoms with Crippen LogP contribution in [0.5, 0.6) is 23.0 Å². The Labute approximate surface area is 290 Å². The molecule has 2 aliphatic heterocycles. The number of fused-ring (bicyclic) bond motifs is 4. The lowest BCUT2D eigenvalue weighted by Gasteiger charge is -2.30. The van der Waals surface area contributed by atoms with Gasteiger partial charge in [-0.15, -0.1) is 0 Å². The second-order valence-corrected chi connectivity index (χ2v) is 12.6. The van der Waals surface area contributed by atoms with Gasteiger partial charge in [0.05, 0.1) is 0 Å². The van der Waals surface area contributed by atoms with E-state index in [2.05, 4.69) is 168 Å². The second kappa shape index (κ2) is 11.4. The molecule has 4 nitrogen and oxygen atoms in total. The van der Waals surface area contributed by atoms with Gasteiger partial charge in [0, 0.05) is 68.2 Å². The summed E-state index contributed by atoms with van der Waals surface area (Å²) in [4.78, 5) is 4.52. The van der Waals surface area contributed by atoms with Crippen molar-refractivity contribution in [3.63, 3.8) is 0 Å². The number of hydrogen-bond acceptors (Lipinski definition) is 4.